The molecule has 0 atom stereocenters. The Balaban J connectivity index is 2.17. The molecule has 3 heterocycles. The minimum Gasteiger partial charge on any atom is -0.475 e. The smallest absolute Gasteiger partial charge is 0.304 e. The van der Waals surface area contributed by atoms with Crippen molar-refractivity contribution in [2.75, 3.05) is 25.6 Å². The van der Waals surface area contributed by atoms with Crippen molar-refractivity contribution < 1.29 is 23.0 Å². The van der Waals surface area contributed by atoms with Crippen molar-refractivity contribution in [3.8, 4) is 11.7 Å². The summed E-state index contributed by atoms with van der Waals surface area (Å²) < 4.78 is 40.2. The monoisotopic (exact) mass is 419 g/mol. The van der Waals surface area contributed by atoms with Crippen LogP contribution < -0.4 is 10.1 Å². The predicted molar refractivity (Wildman–Crippen MR) is 107 cm³/mol. The van der Waals surface area contributed by atoms with Crippen LogP contribution in [0.15, 0.2) is 24.5 Å². The van der Waals surface area contributed by atoms with Gasteiger partial charge in [-0.25, -0.2) is 9.97 Å². The van der Waals surface area contributed by atoms with Crippen LogP contribution in [-0.2, 0) is 21.9 Å². The van der Waals surface area contributed by atoms with E-state index in [1.54, 1.807) is 16.8 Å². The molecule has 0 bridgehead atoms. The number of hydrogen-bond donors (Lipinski definition) is 1. The molecule has 0 aliphatic carbocycles. The standard InChI is InChI=1S/C20H23F2N5O3/c1-5-13-11-27(15-8-16(24-12(2)28)23-10-14(13)15)17-9-18(30-7-6-29-4)26-19(25-17)20(3,21)22/h8-11H,5-7H2,1-4H3,(H,23,24,28). The van der Waals surface area contributed by atoms with Gasteiger partial charge in [-0.05, 0) is 12.0 Å². The average molecular weight is 419 g/mol. The maximum absolute atomic E-state index is 14.0. The summed E-state index contributed by atoms with van der Waals surface area (Å²) in [6.07, 6.45) is 4.15. The second-order valence-electron chi connectivity index (χ2n) is 6.76. The molecule has 0 spiro atoms. The van der Waals surface area contributed by atoms with Crippen LogP contribution in [0.1, 0.15) is 32.2 Å². The third kappa shape index (κ3) is 4.70. The molecule has 30 heavy (non-hydrogen) atoms. The molecular formula is C20H23F2N5O3. The van der Waals surface area contributed by atoms with Crippen molar-refractivity contribution in [1.29, 1.82) is 0 Å². The van der Waals surface area contributed by atoms with Crippen LogP contribution in [-0.4, -0.2) is 45.7 Å². The molecule has 0 unspecified atom stereocenters. The highest BCUT2D eigenvalue weighted by molar-refractivity contribution is 5.92. The number of fused-ring (bicyclic) bond motifs is 1. The first-order valence-corrected chi connectivity index (χ1v) is 9.40. The van der Waals surface area contributed by atoms with Gasteiger partial charge in [-0.1, -0.05) is 6.92 Å². The molecule has 10 heteroatoms. The third-order valence-corrected chi connectivity index (χ3v) is 4.32. The van der Waals surface area contributed by atoms with Crippen LogP contribution in [0, 0.1) is 0 Å². The average Bonchev–Trinajstić information content (AvgIpc) is 3.05. The van der Waals surface area contributed by atoms with Crippen molar-refractivity contribution in [3.63, 3.8) is 0 Å². The number of ether oxygens (including phenoxy) is 2. The van der Waals surface area contributed by atoms with Gasteiger partial charge in [0.25, 0.3) is 0 Å². The fourth-order valence-electron chi connectivity index (χ4n) is 2.94. The van der Waals surface area contributed by atoms with Crippen LogP contribution >= 0.6 is 0 Å². The zero-order valence-electron chi connectivity index (χ0n) is 17.2. The van der Waals surface area contributed by atoms with E-state index in [-0.39, 0.29) is 30.8 Å². The summed E-state index contributed by atoms with van der Waals surface area (Å²) >= 11 is 0. The largest absolute Gasteiger partial charge is 0.475 e. The van der Waals surface area contributed by atoms with Gasteiger partial charge in [0, 0.05) is 50.9 Å². The Morgan fingerprint density at radius 3 is 2.67 bits per heavy atom. The molecule has 3 aromatic heterocycles. The van der Waals surface area contributed by atoms with Crippen molar-refractivity contribution in [2.45, 2.75) is 33.1 Å². The van der Waals surface area contributed by atoms with Gasteiger partial charge < -0.3 is 19.4 Å². The topological polar surface area (TPSA) is 91.2 Å². The van der Waals surface area contributed by atoms with Gasteiger partial charge in [0.15, 0.2) is 0 Å². The highest BCUT2D eigenvalue weighted by Crippen LogP contribution is 2.30. The summed E-state index contributed by atoms with van der Waals surface area (Å²) in [7, 11) is 1.51. The Labute approximate surface area is 172 Å². The van der Waals surface area contributed by atoms with Crippen molar-refractivity contribution >= 4 is 22.6 Å². The van der Waals surface area contributed by atoms with Crippen LogP contribution in [0.5, 0.6) is 5.88 Å². The fourth-order valence-corrected chi connectivity index (χ4v) is 2.94. The van der Waals surface area contributed by atoms with E-state index in [1.807, 2.05) is 13.1 Å². The number of aromatic nitrogens is 4. The number of carbonyl (C=O) groups excluding carboxylic acids is 1. The lowest BCUT2D eigenvalue weighted by Gasteiger charge is -2.14. The maximum atomic E-state index is 14.0. The SMILES string of the molecule is CCc1cn(-c2cc(OCCOC)nc(C(C)(F)F)n2)c2cc(NC(C)=O)ncc12. The number of hydrogen-bond acceptors (Lipinski definition) is 6. The van der Waals surface area contributed by atoms with E-state index in [1.165, 1.54) is 20.1 Å². The molecule has 0 radical (unpaired) electrons. The van der Waals surface area contributed by atoms with Gasteiger partial charge in [0.1, 0.15) is 18.2 Å². The molecule has 0 aliphatic heterocycles. The number of nitrogens with one attached hydrogen (secondary N) is 1. The summed E-state index contributed by atoms with van der Waals surface area (Å²) in [5.41, 5.74) is 1.62. The van der Waals surface area contributed by atoms with Crippen LogP contribution in [0.3, 0.4) is 0 Å². The fraction of sp³-hybridized carbons (Fsp3) is 0.400. The normalized spacial score (nSPS) is 11.7. The second-order valence-corrected chi connectivity index (χ2v) is 6.76. The lowest BCUT2D eigenvalue weighted by Crippen LogP contribution is -2.16. The number of aryl methyl sites for hydroxylation is 1. The number of anilines is 1. The minimum absolute atomic E-state index is 0.0182. The molecule has 1 N–H and O–H groups in total. The highest BCUT2D eigenvalue weighted by Gasteiger charge is 2.30. The number of carbonyl (C=O) groups is 1. The van der Waals surface area contributed by atoms with Gasteiger partial charge in [-0.2, -0.15) is 13.8 Å². The predicted octanol–water partition coefficient (Wildman–Crippen LogP) is 3.47. The number of amides is 1. The first-order chi connectivity index (χ1) is 14.2. The second kappa shape index (κ2) is 8.70. The Hall–Kier alpha value is -3.14. The summed E-state index contributed by atoms with van der Waals surface area (Å²) in [6, 6.07) is 3.16. The van der Waals surface area contributed by atoms with E-state index in [0.717, 1.165) is 17.9 Å². The lowest BCUT2D eigenvalue weighted by molar-refractivity contribution is -0.114. The van der Waals surface area contributed by atoms with Crippen molar-refractivity contribution in [2.24, 2.45) is 0 Å². The van der Waals surface area contributed by atoms with Crippen LogP contribution in [0.25, 0.3) is 16.7 Å². The number of rotatable bonds is 8. The molecule has 0 saturated heterocycles. The van der Waals surface area contributed by atoms with E-state index >= 15 is 0 Å². The van der Waals surface area contributed by atoms with E-state index in [0.29, 0.717) is 17.8 Å². The maximum Gasteiger partial charge on any atom is 0.304 e. The number of nitrogens with zero attached hydrogens (tertiary/aromatic N) is 4. The molecular weight excluding hydrogens is 396 g/mol. The van der Waals surface area contributed by atoms with Gasteiger partial charge in [-0.3, -0.25) is 4.79 Å². The number of methoxy groups -OCH3 is 1. The molecule has 3 aromatic rings. The Morgan fingerprint density at radius 1 is 1.27 bits per heavy atom. The number of pyridine rings is 1. The van der Waals surface area contributed by atoms with Gasteiger partial charge in [0.05, 0.1) is 12.1 Å². The molecule has 0 fully saturated rings. The quantitative estimate of drug-likeness (QED) is 0.562. The van der Waals surface area contributed by atoms with Crippen LogP contribution in [0.2, 0.25) is 0 Å². The minimum atomic E-state index is -3.26. The zero-order chi connectivity index (χ0) is 21.9. The van der Waals surface area contributed by atoms with E-state index in [9.17, 15) is 13.6 Å². The first-order valence-electron chi connectivity index (χ1n) is 9.40. The molecule has 1 amide bonds. The molecule has 0 aliphatic rings. The summed E-state index contributed by atoms with van der Waals surface area (Å²) in [4.78, 5) is 23.6. The molecule has 160 valence electrons. The van der Waals surface area contributed by atoms with Crippen molar-refractivity contribution in [1.82, 2.24) is 19.5 Å². The van der Waals surface area contributed by atoms with Gasteiger partial charge in [0.2, 0.25) is 17.6 Å². The van der Waals surface area contributed by atoms with E-state index in [4.69, 9.17) is 9.47 Å². The zero-order valence-corrected chi connectivity index (χ0v) is 17.2. The first kappa shape index (κ1) is 21.6. The highest BCUT2D eigenvalue weighted by atomic mass is 19.3. The molecule has 0 saturated carbocycles. The lowest BCUT2D eigenvalue weighted by atomic mass is 10.2. The van der Waals surface area contributed by atoms with Gasteiger partial charge >= 0.3 is 5.92 Å². The van der Waals surface area contributed by atoms with Crippen LogP contribution in [0.4, 0.5) is 14.6 Å². The van der Waals surface area contributed by atoms with E-state index in [2.05, 4.69) is 20.3 Å². The summed E-state index contributed by atoms with van der Waals surface area (Å²) in [5.74, 6) is -3.58. The Kier molecular flexibility index (Phi) is 6.25. The third-order valence-electron chi connectivity index (χ3n) is 4.32. The molecule has 0 aromatic carbocycles. The Morgan fingerprint density at radius 2 is 2.03 bits per heavy atom. The van der Waals surface area contributed by atoms with Gasteiger partial charge in [-0.15, -0.1) is 0 Å². The number of alkyl halides is 2. The summed E-state index contributed by atoms with van der Waals surface area (Å²) in [6.45, 7) is 4.53. The Bertz CT molecular complexity index is 1060. The molecule has 3 rings (SSSR count). The van der Waals surface area contributed by atoms with Crippen molar-refractivity contribution in [3.05, 3.63) is 35.9 Å². The van der Waals surface area contributed by atoms with E-state index < -0.39 is 11.7 Å². The number of halogens is 2. The summed E-state index contributed by atoms with van der Waals surface area (Å²) in [5, 5.41) is 3.46. The molecule has 8 nitrogen and oxygen atoms in total.